The second-order valence-electron chi connectivity index (χ2n) is 5.25. The van der Waals surface area contributed by atoms with E-state index in [1.54, 1.807) is 12.1 Å². The zero-order valence-electron chi connectivity index (χ0n) is 12.6. The number of amides is 1. The lowest BCUT2D eigenvalue weighted by molar-refractivity contribution is 0.0951. The van der Waals surface area contributed by atoms with Crippen LogP contribution in [0.2, 0.25) is 0 Å². The summed E-state index contributed by atoms with van der Waals surface area (Å²) in [7, 11) is 0. The number of aryl methyl sites for hydroxylation is 2. The number of hydrogen-bond acceptors (Lipinski definition) is 4. The van der Waals surface area contributed by atoms with Crippen molar-refractivity contribution in [3.05, 3.63) is 52.4 Å². The molecule has 0 bridgehead atoms. The molecule has 1 amide bonds. The Morgan fingerprint density at radius 3 is 2.52 bits per heavy atom. The number of hydrogen-bond donors (Lipinski definition) is 2. The van der Waals surface area contributed by atoms with Gasteiger partial charge < -0.3 is 15.6 Å². The number of nitrogens with one attached hydrogen (secondary N) is 1. The third-order valence-corrected chi connectivity index (χ3v) is 3.60. The van der Waals surface area contributed by atoms with E-state index in [2.05, 4.69) is 10.5 Å². The van der Waals surface area contributed by atoms with E-state index in [-0.39, 0.29) is 11.8 Å². The molecule has 5 nitrogen and oxygen atoms in total. The van der Waals surface area contributed by atoms with Crippen molar-refractivity contribution in [3.63, 3.8) is 0 Å². The van der Waals surface area contributed by atoms with Gasteiger partial charge in [-0.2, -0.15) is 0 Å². The summed E-state index contributed by atoms with van der Waals surface area (Å²) in [6, 6.07) is 7.31. The molecule has 112 valence electrons. The Labute approximate surface area is 124 Å². The van der Waals surface area contributed by atoms with Gasteiger partial charge in [0.1, 0.15) is 5.76 Å². The van der Waals surface area contributed by atoms with Crippen LogP contribution in [0.5, 0.6) is 0 Å². The van der Waals surface area contributed by atoms with Crippen LogP contribution in [0.15, 0.2) is 28.8 Å². The fourth-order valence-corrected chi connectivity index (χ4v) is 2.44. The molecule has 0 fully saturated rings. The van der Waals surface area contributed by atoms with Crippen LogP contribution in [0.3, 0.4) is 0 Å². The van der Waals surface area contributed by atoms with Crippen molar-refractivity contribution in [2.45, 2.75) is 33.2 Å². The van der Waals surface area contributed by atoms with E-state index in [1.165, 1.54) is 0 Å². The number of aromatic nitrogens is 1. The van der Waals surface area contributed by atoms with Gasteiger partial charge in [0.2, 0.25) is 0 Å². The molecule has 0 aliphatic heterocycles. The fraction of sp³-hybridized carbons (Fsp3) is 0.375. The quantitative estimate of drug-likeness (QED) is 0.884. The highest BCUT2D eigenvalue weighted by atomic mass is 16.5. The van der Waals surface area contributed by atoms with E-state index in [9.17, 15) is 4.79 Å². The molecule has 0 radical (unpaired) electrons. The van der Waals surface area contributed by atoms with Crippen LogP contribution >= 0.6 is 0 Å². The van der Waals surface area contributed by atoms with E-state index in [0.717, 1.165) is 22.6 Å². The lowest BCUT2D eigenvalue weighted by Crippen LogP contribution is -2.27. The zero-order chi connectivity index (χ0) is 15.4. The third-order valence-electron chi connectivity index (χ3n) is 3.60. The van der Waals surface area contributed by atoms with Crippen molar-refractivity contribution >= 4 is 5.91 Å². The molecule has 1 heterocycles. The highest BCUT2D eigenvalue weighted by molar-refractivity contribution is 5.94. The van der Waals surface area contributed by atoms with Crippen molar-refractivity contribution < 1.29 is 9.32 Å². The van der Waals surface area contributed by atoms with Gasteiger partial charge in [0.05, 0.1) is 5.69 Å². The highest BCUT2D eigenvalue weighted by Crippen LogP contribution is 2.22. The van der Waals surface area contributed by atoms with Crippen LogP contribution in [0.1, 0.15) is 45.8 Å². The van der Waals surface area contributed by atoms with E-state index < -0.39 is 0 Å². The van der Waals surface area contributed by atoms with Gasteiger partial charge in [-0.15, -0.1) is 0 Å². The molecular weight excluding hydrogens is 266 g/mol. The molecule has 3 N–H and O–H groups in total. The van der Waals surface area contributed by atoms with Crippen LogP contribution < -0.4 is 11.1 Å². The minimum atomic E-state index is -0.0859. The first-order valence-corrected chi connectivity index (χ1v) is 7.03. The smallest absolute Gasteiger partial charge is 0.251 e. The van der Waals surface area contributed by atoms with Crippen LogP contribution in [-0.2, 0) is 6.54 Å². The summed E-state index contributed by atoms with van der Waals surface area (Å²) in [5, 5.41) is 6.88. The lowest BCUT2D eigenvalue weighted by atomic mass is 9.99. The summed E-state index contributed by atoms with van der Waals surface area (Å²) >= 11 is 0. The first-order chi connectivity index (χ1) is 10.0. The average molecular weight is 287 g/mol. The lowest BCUT2D eigenvalue weighted by Gasteiger charge is -2.12. The van der Waals surface area contributed by atoms with Gasteiger partial charge in [0, 0.05) is 30.1 Å². The molecule has 21 heavy (non-hydrogen) atoms. The number of benzene rings is 1. The third kappa shape index (κ3) is 3.49. The maximum Gasteiger partial charge on any atom is 0.251 e. The van der Waals surface area contributed by atoms with Crippen molar-refractivity contribution in [1.82, 2.24) is 10.5 Å². The van der Waals surface area contributed by atoms with Gasteiger partial charge in [0.25, 0.3) is 5.91 Å². The Bertz CT molecular complexity index is 597. The normalized spacial score (nSPS) is 12.2. The Morgan fingerprint density at radius 1 is 1.33 bits per heavy atom. The number of carbonyl (C=O) groups excluding carboxylic acids is 1. The Morgan fingerprint density at radius 2 is 2.00 bits per heavy atom. The van der Waals surface area contributed by atoms with E-state index in [0.29, 0.717) is 18.7 Å². The van der Waals surface area contributed by atoms with E-state index in [4.69, 9.17) is 10.3 Å². The van der Waals surface area contributed by atoms with Gasteiger partial charge in [-0.25, -0.2) is 0 Å². The standard InChI is InChI=1S/C16H21N3O2/c1-10(15-11(2)19-21-12(15)3)9-18-16(20)14-6-4-13(8-17)5-7-14/h4-7,10H,8-9,17H2,1-3H3,(H,18,20). The van der Waals surface area contributed by atoms with Crippen molar-refractivity contribution in [1.29, 1.82) is 0 Å². The zero-order valence-corrected chi connectivity index (χ0v) is 12.6. The van der Waals surface area contributed by atoms with Crippen molar-refractivity contribution in [3.8, 4) is 0 Å². The molecule has 5 heteroatoms. The predicted octanol–water partition coefficient (Wildman–Crippen LogP) is 2.28. The number of rotatable bonds is 5. The van der Waals surface area contributed by atoms with Crippen molar-refractivity contribution in [2.75, 3.05) is 6.54 Å². The summed E-state index contributed by atoms with van der Waals surface area (Å²) in [6.07, 6.45) is 0. The van der Waals surface area contributed by atoms with Crippen LogP contribution in [-0.4, -0.2) is 17.6 Å². The molecule has 1 aromatic heterocycles. The maximum atomic E-state index is 12.1. The van der Waals surface area contributed by atoms with Crippen LogP contribution in [0, 0.1) is 13.8 Å². The molecule has 0 saturated heterocycles. The molecule has 2 aromatic rings. The summed E-state index contributed by atoms with van der Waals surface area (Å²) in [5.41, 5.74) is 9.13. The SMILES string of the molecule is Cc1noc(C)c1C(C)CNC(=O)c1ccc(CN)cc1. The summed E-state index contributed by atoms with van der Waals surface area (Å²) in [4.78, 5) is 12.1. The Kier molecular flexibility index (Phi) is 4.75. The second-order valence-corrected chi connectivity index (χ2v) is 5.25. The molecule has 0 saturated carbocycles. The highest BCUT2D eigenvalue weighted by Gasteiger charge is 2.17. The maximum absolute atomic E-state index is 12.1. The van der Waals surface area contributed by atoms with Crippen LogP contribution in [0.25, 0.3) is 0 Å². The van der Waals surface area contributed by atoms with Crippen LogP contribution in [0.4, 0.5) is 0 Å². The minimum Gasteiger partial charge on any atom is -0.361 e. The second kappa shape index (κ2) is 6.54. The molecular formula is C16H21N3O2. The Balaban J connectivity index is 1.97. The number of nitrogens with zero attached hydrogens (tertiary/aromatic N) is 1. The number of nitrogens with two attached hydrogens (primary N) is 1. The predicted molar refractivity (Wildman–Crippen MR) is 81.1 cm³/mol. The van der Waals surface area contributed by atoms with Gasteiger partial charge in [-0.3, -0.25) is 4.79 Å². The van der Waals surface area contributed by atoms with Crippen molar-refractivity contribution in [2.24, 2.45) is 5.73 Å². The molecule has 0 aliphatic carbocycles. The molecule has 1 unspecified atom stereocenters. The van der Waals surface area contributed by atoms with Gasteiger partial charge in [-0.1, -0.05) is 24.2 Å². The minimum absolute atomic E-state index is 0.0859. The molecule has 1 aromatic carbocycles. The Hall–Kier alpha value is -2.14. The molecule has 1 atom stereocenters. The van der Waals surface area contributed by atoms with Gasteiger partial charge >= 0.3 is 0 Å². The largest absolute Gasteiger partial charge is 0.361 e. The molecule has 2 rings (SSSR count). The summed E-state index contributed by atoms with van der Waals surface area (Å²) in [6.45, 7) is 6.87. The van der Waals surface area contributed by atoms with E-state index in [1.807, 2.05) is 32.9 Å². The topological polar surface area (TPSA) is 81.2 Å². The average Bonchev–Trinajstić information content (AvgIpc) is 2.83. The first kappa shape index (κ1) is 15.3. The number of carbonyl (C=O) groups is 1. The summed E-state index contributed by atoms with van der Waals surface area (Å²) in [5.74, 6) is 0.877. The van der Waals surface area contributed by atoms with E-state index >= 15 is 0 Å². The van der Waals surface area contributed by atoms with Gasteiger partial charge in [0.15, 0.2) is 0 Å². The molecule has 0 spiro atoms. The monoisotopic (exact) mass is 287 g/mol. The summed E-state index contributed by atoms with van der Waals surface area (Å²) < 4.78 is 5.16. The fourth-order valence-electron chi connectivity index (χ4n) is 2.44. The molecule has 0 aliphatic rings. The first-order valence-electron chi connectivity index (χ1n) is 7.03. The van der Waals surface area contributed by atoms with Gasteiger partial charge in [-0.05, 0) is 31.5 Å².